The summed E-state index contributed by atoms with van der Waals surface area (Å²) in [4.78, 5) is 22.5. The molecule has 1 fully saturated rings. The summed E-state index contributed by atoms with van der Waals surface area (Å²) < 4.78 is 0. The van der Waals surface area contributed by atoms with E-state index in [1.54, 1.807) is 29.4 Å². The molecule has 0 bridgehead atoms. The molecule has 1 atom stereocenters. The Balaban J connectivity index is 1.85. The van der Waals surface area contributed by atoms with Crippen LogP contribution in [0.4, 0.5) is 0 Å². The summed E-state index contributed by atoms with van der Waals surface area (Å²) in [6.07, 6.45) is 4.13. The number of carbonyl (C=O) groups excluding carboxylic acids is 1. The van der Waals surface area contributed by atoms with E-state index in [0.717, 1.165) is 17.5 Å². The minimum atomic E-state index is 0.00324. The predicted molar refractivity (Wildman–Crippen MR) is 70.6 cm³/mol. The number of hydrogen-bond acceptors (Lipinski definition) is 4. The molecule has 1 saturated heterocycles. The van der Waals surface area contributed by atoms with Gasteiger partial charge in [0.2, 0.25) is 0 Å². The van der Waals surface area contributed by atoms with Gasteiger partial charge < -0.3 is 10.0 Å². The van der Waals surface area contributed by atoms with Crippen LogP contribution in [-0.2, 0) is 0 Å². The van der Waals surface area contributed by atoms with Gasteiger partial charge in [0.25, 0.3) is 5.91 Å². The topological polar surface area (TPSA) is 66.3 Å². The van der Waals surface area contributed by atoms with E-state index in [1.807, 2.05) is 6.07 Å². The Morgan fingerprint density at radius 1 is 1.32 bits per heavy atom. The van der Waals surface area contributed by atoms with Crippen molar-refractivity contribution in [1.29, 1.82) is 0 Å². The summed E-state index contributed by atoms with van der Waals surface area (Å²) in [6.45, 7) is 1.49. The van der Waals surface area contributed by atoms with Gasteiger partial charge >= 0.3 is 0 Å². The van der Waals surface area contributed by atoms with Crippen LogP contribution in [0.25, 0.3) is 11.0 Å². The molecular weight excluding hydrogens is 242 g/mol. The highest BCUT2D eigenvalue weighted by Crippen LogP contribution is 2.19. The molecule has 2 aromatic rings. The van der Waals surface area contributed by atoms with E-state index in [1.165, 1.54) is 0 Å². The molecular formula is C14H15N3O2. The van der Waals surface area contributed by atoms with Gasteiger partial charge in [-0.05, 0) is 24.6 Å². The number of hydrogen-bond donors (Lipinski definition) is 1. The molecule has 0 aliphatic carbocycles. The molecule has 1 aromatic carbocycles. The van der Waals surface area contributed by atoms with Crippen LogP contribution in [0, 0.1) is 5.92 Å². The van der Waals surface area contributed by atoms with Crippen LogP contribution < -0.4 is 0 Å². The smallest absolute Gasteiger partial charge is 0.253 e. The van der Waals surface area contributed by atoms with Crippen molar-refractivity contribution in [2.45, 2.75) is 6.42 Å². The summed E-state index contributed by atoms with van der Waals surface area (Å²) in [6, 6.07) is 5.37. The van der Waals surface area contributed by atoms with Crippen LogP contribution in [0.15, 0.2) is 30.6 Å². The van der Waals surface area contributed by atoms with Crippen LogP contribution in [-0.4, -0.2) is 45.6 Å². The van der Waals surface area contributed by atoms with Gasteiger partial charge in [0.05, 0.1) is 11.0 Å². The number of rotatable bonds is 2. The maximum absolute atomic E-state index is 12.3. The molecule has 0 spiro atoms. The van der Waals surface area contributed by atoms with Crippen LogP contribution >= 0.6 is 0 Å². The van der Waals surface area contributed by atoms with Crippen LogP contribution in [0.5, 0.6) is 0 Å². The lowest BCUT2D eigenvalue weighted by Gasteiger charge is -2.16. The molecule has 3 rings (SSSR count). The third-order valence-corrected chi connectivity index (χ3v) is 3.55. The second-order valence-electron chi connectivity index (χ2n) is 4.85. The zero-order valence-corrected chi connectivity index (χ0v) is 10.5. The summed E-state index contributed by atoms with van der Waals surface area (Å²) in [5.74, 6) is 0.215. The van der Waals surface area contributed by atoms with E-state index in [4.69, 9.17) is 5.11 Å². The minimum absolute atomic E-state index is 0.00324. The van der Waals surface area contributed by atoms with Gasteiger partial charge in [-0.15, -0.1) is 0 Å². The Labute approximate surface area is 110 Å². The van der Waals surface area contributed by atoms with Gasteiger partial charge in [-0.2, -0.15) is 0 Å². The van der Waals surface area contributed by atoms with Gasteiger partial charge in [0.1, 0.15) is 0 Å². The Hall–Kier alpha value is -2.01. The lowest BCUT2D eigenvalue weighted by molar-refractivity contribution is 0.0782. The molecule has 98 valence electrons. The van der Waals surface area contributed by atoms with E-state index in [2.05, 4.69) is 9.97 Å². The second kappa shape index (κ2) is 4.93. The SMILES string of the molecule is O=C(c1ccc2nccnc2c1)N1CCC(CO)C1. The molecule has 5 heteroatoms. The molecule has 1 aromatic heterocycles. The molecule has 1 aliphatic heterocycles. The first kappa shape index (κ1) is 12.0. The fourth-order valence-electron chi connectivity index (χ4n) is 2.45. The van der Waals surface area contributed by atoms with Crippen molar-refractivity contribution in [1.82, 2.24) is 14.9 Å². The first-order chi connectivity index (χ1) is 9.28. The van der Waals surface area contributed by atoms with Crippen molar-refractivity contribution in [2.75, 3.05) is 19.7 Å². The van der Waals surface area contributed by atoms with E-state index >= 15 is 0 Å². The molecule has 0 radical (unpaired) electrons. The molecule has 2 heterocycles. The standard InChI is InChI=1S/C14H15N3O2/c18-9-10-3-6-17(8-10)14(19)11-1-2-12-13(7-11)16-5-4-15-12/h1-2,4-5,7,10,18H,3,6,8-9H2. The van der Waals surface area contributed by atoms with Crippen molar-refractivity contribution >= 4 is 16.9 Å². The molecule has 1 amide bonds. The monoisotopic (exact) mass is 257 g/mol. The Morgan fingerprint density at radius 3 is 2.84 bits per heavy atom. The second-order valence-corrected chi connectivity index (χ2v) is 4.85. The van der Waals surface area contributed by atoms with Gasteiger partial charge in [0.15, 0.2) is 0 Å². The number of likely N-dealkylation sites (tertiary alicyclic amines) is 1. The largest absolute Gasteiger partial charge is 0.396 e. The Bertz CT molecular complexity index is 614. The highest BCUT2D eigenvalue weighted by molar-refractivity contribution is 5.97. The molecule has 19 heavy (non-hydrogen) atoms. The van der Waals surface area contributed by atoms with Gasteiger partial charge in [0, 0.05) is 43.6 Å². The maximum Gasteiger partial charge on any atom is 0.253 e. The van der Waals surface area contributed by atoms with E-state index in [-0.39, 0.29) is 18.4 Å². The fourth-order valence-corrected chi connectivity index (χ4v) is 2.45. The average molecular weight is 257 g/mol. The van der Waals surface area contributed by atoms with Gasteiger partial charge in [-0.3, -0.25) is 14.8 Å². The number of aliphatic hydroxyl groups is 1. The summed E-state index contributed by atoms with van der Waals surface area (Å²) in [5.41, 5.74) is 2.14. The van der Waals surface area contributed by atoms with Crippen LogP contribution in [0.3, 0.4) is 0 Å². The Morgan fingerprint density at radius 2 is 2.11 bits per heavy atom. The number of aliphatic hydroxyl groups excluding tert-OH is 1. The minimum Gasteiger partial charge on any atom is -0.396 e. The van der Waals surface area contributed by atoms with Crippen LogP contribution in [0.1, 0.15) is 16.8 Å². The van der Waals surface area contributed by atoms with E-state index in [9.17, 15) is 4.79 Å². The number of nitrogens with zero attached hydrogens (tertiary/aromatic N) is 3. The lowest BCUT2D eigenvalue weighted by atomic mass is 10.1. The molecule has 1 N–H and O–H groups in total. The highest BCUT2D eigenvalue weighted by atomic mass is 16.3. The third-order valence-electron chi connectivity index (χ3n) is 3.55. The van der Waals surface area contributed by atoms with Crippen molar-refractivity contribution in [3.05, 3.63) is 36.2 Å². The zero-order valence-electron chi connectivity index (χ0n) is 10.5. The number of carbonyl (C=O) groups is 1. The van der Waals surface area contributed by atoms with Gasteiger partial charge in [-0.25, -0.2) is 0 Å². The molecule has 1 aliphatic rings. The van der Waals surface area contributed by atoms with Crippen LogP contribution in [0.2, 0.25) is 0 Å². The zero-order chi connectivity index (χ0) is 13.2. The highest BCUT2D eigenvalue weighted by Gasteiger charge is 2.26. The number of fused-ring (bicyclic) bond motifs is 1. The predicted octanol–water partition coefficient (Wildman–Crippen LogP) is 1.08. The fraction of sp³-hybridized carbons (Fsp3) is 0.357. The maximum atomic E-state index is 12.3. The quantitative estimate of drug-likeness (QED) is 0.874. The normalized spacial score (nSPS) is 19.0. The number of benzene rings is 1. The molecule has 5 nitrogen and oxygen atoms in total. The lowest BCUT2D eigenvalue weighted by Crippen LogP contribution is -2.29. The van der Waals surface area contributed by atoms with E-state index in [0.29, 0.717) is 18.7 Å². The summed E-state index contributed by atoms with van der Waals surface area (Å²) in [5, 5.41) is 9.12. The molecule has 1 unspecified atom stereocenters. The average Bonchev–Trinajstić information content (AvgIpc) is 2.95. The number of amides is 1. The van der Waals surface area contributed by atoms with Crippen molar-refractivity contribution in [3.8, 4) is 0 Å². The first-order valence-electron chi connectivity index (χ1n) is 6.39. The Kier molecular flexibility index (Phi) is 3.13. The van der Waals surface area contributed by atoms with Crippen molar-refractivity contribution in [2.24, 2.45) is 5.92 Å². The third kappa shape index (κ3) is 2.29. The van der Waals surface area contributed by atoms with E-state index < -0.39 is 0 Å². The van der Waals surface area contributed by atoms with Crippen molar-refractivity contribution < 1.29 is 9.90 Å². The molecule has 0 saturated carbocycles. The van der Waals surface area contributed by atoms with Crippen molar-refractivity contribution in [3.63, 3.8) is 0 Å². The number of aromatic nitrogens is 2. The first-order valence-corrected chi connectivity index (χ1v) is 6.39. The summed E-state index contributed by atoms with van der Waals surface area (Å²) >= 11 is 0. The van der Waals surface area contributed by atoms with Gasteiger partial charge in [-0.1, -0.05) is 0 Å². The summed E-state index contributed by atoms with van der Waals surface area (Å²) in [7, 11) is 0.